The number of guanidine groups is 1. The molecule has 1 aromatic carbocycles. The zero-order chi connectivity index (χ0) is 13.9. The average Bonchev–Trinajstić information content (AvgIpc) is 2.13. The molecule has 9 heteroatoms. The van der Waals surface area contributed by atoms with E-state index in [-0.39, 0.29) is 22.8 Å². The minimum Gasteiger partial charge on any atom is -0.478 e. The third-order valence-corrected chi connectivity index (χ3v) is 2.59. The highest BCUT2D eigenvalue weighted by Gasteiger charge is 2.16. The van der Waals surface area contributed by atoms with Crippen molar-refractivity contribution in [3.8, 4) is 0 Å². The molecular weight excluding hydrogens is 262 g/mol. The minimum absolute atomic E-state index is 0.104. The Kier molecular flexibility index (Phi) is 3.89. The summed E-state index contributed by atoms with van der Waals surface area (Å²) in [5.41, 5.74) is 10.1. The van der Waals surface area contributed by atoms with Gasteiger partial charge in [-0.1, -0.05) is 0 Å². The zero-order valence-corrected chi connectivity index (χ0v) is 9.88. The highest BCUT2D eigenvalue weighted by molar-refractivity contribution is 7.85. The maximum Gasteiger partial charge on any atom is 0.336 e. The van der Waals surface area contributed by atoms with Crippen LogP contribution in [-0.2, 0) is 15.9 Å². The van der Waals surface area contributed by atoms with Crippen LogP contribution in [0.2, 0.25) is 0 Å². The second kappa shape index (κ2) is 5.02. The predicted molar refractivity (Wildman–Crippen MR) is 64.1 cm³/mol. The lowest BCUT2D eigenvalue weighted by atomic mass is 10.1. The van der Waals surface area contributed by atoms with Crippen molar-refractivity contribution in [2.45, 2.75) is 5.75 Å². The third-order valence-electron chi connectivity index (χ3n) is 1.92. The average molecular weight is 273 g/mol. The molecule has 0 heterocycles. The molecule has 0 saturated carbocycles. The number of nitrogens with two attached hydrogens (primary N) is 2. The van der Waals surface area contributed by atoms with E-state index in [1.807, 2.05) is 0 Å². The van der Waals surface area contributed by atoms with E-state index in [0.29, 0.717) is 0 Å². The Labute approximate surface area is 103 Å². The first-order valence-corrected chi connectivity index (χ1v) is 6.21. The second-order valence-corrected chi connectivity index (χ2v) is 4.86. The van der Waals surface area contributed by atoms with Crippen LogP contribution in [-0.4, -0.2) is 30.0 Å². The molecule has 0 aliphatic rings. The van der Waals surface area contributed by atoms with Gasteiger partial charge in [0.1, 0.15) is 5.75 Å². The molecule has 0 aliphatic carbocycles. The standard InChI is InChI=1S/C9H11N3O5S/c10-9(11)12-6-1-2-7(8(13)14)5(3-6)4-18(15,16)17/h1-3H,4H2,(H,13,14)(H4,10,11,12)(H,15,16,17). The van der Waals surface area contributed by atoms with Crippen LogP contribution in [0.25, 0.3) is 0 Å². The summed E-state index contributed by atoms with van der Waals surface area (Å²) in [5, 5.41) is 8.87. The molecule has 0 fully saturated rings. The number of hydrogen-bond donors (Lipinski definition) is 4. The Morgan fingerprint density at radius 3 is 2.39 bits per heavy atom. The van der Waals surface area contributed by atoms with Gasteiger partial charge < -0.3 is 16.6 Å². The molecule has 8 nitrogen and oxygen atoms in total. The smallest absolute Gasteiger partial charge is 0.336 e. The molecule has 0 radical (unpaired) electrons. The second-order valence-electron chi connectivity index (χ2n) is 3.41. The molecule has 0 aliphatic heterocycles. The van der Waals surface area contributed by atoms with Crippen LogP contribution in [0.1, 0.15) is 15.9 Å². The van der Waals surface area contributed by atoms with Gasteiger partial charge in [0.25, 0.3) is 10.1 Å². The maximum atomic E-state index is 10.9. The normalized spacial score (nSPS) is 10.9. The van der Waals surface area contributed by atoms with Crippen molar-refractivity contribution >= 4 is 27.7 Å². The summed E-state index contributed by atoms with van der Waals surface area (Å²) in [6.45, 7) is 0. The fourth-order valence-electron chi connectivity index (χ4n) is 1.32. The summed E-state index contributed by atoms with van der Waals surface area (Å²) in [7, 11) is -4.35. The van der Waals surface area contributed by atoms with Gasteiger partial charge >= 0.3 is 5.97 Å². The van der Waals surface area contributed by atoms with Gasteiger partial charge in [-0.3, -0.25) is 4.55 Å². The molecule has 18 heavy (non-hydrogen) atoms. The molecule has 0 saturated heterocycles. The van der Waals surface area contributed by atoms with Crippen LogP contribution in [0.4, 0.5) is 5.69 Å². The van der Waals surface area contributed by atoms with Gasteiger partial charge in [0, 0.05) is 0 Å². The van der Waals surface area contributed by atoms with Crippen molar-refractivity contribution in [1.82, 2.24) is 0 Å². The Morgan fingerprint density at radius 1 is 1.33 bits per heavy atom. The molecule has 6 N–H and O–H groups in total. The molecule has 0 spiro atoms. The fraction of sp³-hybridized carbons (Fsp3) is 0.111. The van der Waals surface area contributed by atoms with Gasteiger partial charge in [-0.15, -0.1) is 0 Å². The Bertz CT molecular complexity index is 605. The summed E-state index contributed by atoms with van der Waals surface area (Å²) >= 11 is 0. The summed E-state index contributed by atoms with van der Waals surface area (Å²) in [5.74, 6) is -2.40. The summed E-state index contributed by atoms with van der Waals surface area (Å²) in [6, 6.07) is 3.65. The molecule has 0 amide bonds. The number of carbonyl (C=O) groups is 1. The van der Waals surface area contributed by atoms with Crippen LogP contribution in [0.3, 0.4) is 0 Å². The maximum absolute atomic E-state index is 10.9. The van der Waals surface area contributed by atoms with Gasteiger partial charge in [-0.05, 0) is 23.8 Å². The molecule has 1 aromatic rings. The van der Waals surface area contributed by atoms with Gasteiger partial charge in [-0.25, -0.2) is 9.79 Å². The van der Waals surface area contributed by atoms with E-state index in [2.05, 4.69) is 4.99 Å². The van der Waals surface area contributed by atoms with Gasteiger partial charge in [0.2, 0.25) is 0 Å². The summed E-state index contributed by atoms with van der Waals surface area (Å²) in [4.78, 5) is 14.5. The number of benzene rings is 1. The highest BCUT2D eigenvalue weighted by atomic mass is 32.2. The van der Waals surface area contributed by atoms with E-state index >= 15 is 0 Å². The zero-order valence-electron chi connectivity index (χ0n) is 9.07. The van der Waals surface area contributed by atoms with Crippen molar-refractivity contribution < 1.29 is 22.9 Å². The van der Waals surface area contributed by atoms with Crippen molar-refractivity contribution in [2.75, 3.05) is 0 Å². The van der Waals surface area contributed by atoms with E-state index < -0.39 is 21.8 Å². The van der Waals surface area contributed by atoms with Crippen molar-refractivity contribution in [1.29, 1.82) is 0 Å². The van der Waals surface area contributed by atoms with Gasteiger partial charge in [-0.2, -0.15) is 8.42 Å². The van der Waals surface area contributed by atoms with E-state index in [1.54, 1.807) is 0 Å². The molecule has 0 atom stereocenters. The molecule has 0 unspecified atom stereocenters. The first kappa shape index (κ1) is 13.9. The largest absolute Gasteiger partial charge is 0.478 e. The minimum atomic E-state index is -4.35. The third kappa shape index (κ3) is 4.03. The lowest BCUT2D eigenvalue weighted by Crippen LogP contribution is -2.21. The lowest BCUT2D eigenvalue weighted by Gasteiger charge is -2.05. The number of aromatic carboxylic acids is 1. The Balaban J connectivity index is 3.33. The molecule has 98 valence electrons. The van der Waals surface area contributed by atoms with E-state index in [0.717, 1.165) is 6.07 Å². The molecule has 1 rings (SSSR count). The number of nitrogens with zero attached hydrogens (tertiary/aromatic N) is 1. The predicted octanol–water partition coefficient (Wildman–Crippen LogP) is -0.322. The SMILES string of the molecule is NC(N)=Nc1ccc(C(=O)O)c(CS(=O)(=O)O)c1. The summed E-state index contributed by atoms with van der Waals surface area (Å²) in [6.07, 6.45) is 0. The molecule has 0 aromatic heterocycles. The first-order chi connectivity index (χ1) is 8.19. The lowest BCUT2D eigenvalue weighted by molar-refractivity contribution is 0.0696. The van der Waals surface area contributed by atoms with Gasteiger partial charge in [0.05, 0.1) is 11.3 Å². The number of carboxylic acids is 1. The van der Waals surface area contributed by atoms with E-state index in [4.69, 9.17) is 21.1 Å². The number of hydrogen-bond acceptors (Lipinski definition) is 4. The molecular formula is C9H11N3O5S. The van der Waals surface area contributed by atoms with Crippen LogP contribution in [0, 0.1) is 0 Å². The van der Waals surface area contributed by atoms with Gasteiger partial charge in [0.15, 0.2) is 5.96 Å². The van der Waals surface area contributed by atoms with Crippen LogP contribution in [0.15, 0.2) is 23.2 Å². The topological polar surface area (TPSA) is 156 Å². The quantitative estimate of drug-likeness (QED) is 0.332. The van der Waals surface area contributed by atoms with Crippen molar-refractivity contribution in [3.63, 3.8) is 0 Å². The first-order valence-electron chi connectivity index (χ1n) is 4.60. The van der Waals surface area contributed by atoms with E-state index in [1.165, 1.54) is 12.1 Å². The van der Waals surface area contributed by atoms with Crippen LogP contribution < -0.4 is 11.5 Å². The van der Waals surface area contributed by atoms with Crippen molar-refractivity contribution in [2.24, 2.45) is 16.5 Å². The summed E-state index contributed by atoms with van der Waals surface area (Å²) < 4.78 is 30.3. The highest BCUT2D eigenvalue weighted by Crippen LogP contribution is 2.20. The monoisotopic (exact) mass is 273 g/mol. The van der Waals surface area contributed by atoms with Crippen LogP contribution in [0.5, 0.6) is 0 Å². The number of carboxylic acid groups (broad SMARTS) is 1. The fourth-order valence-corrected chi connectivity index (χ4v) is 1.96. The Hall–Kier alpha value is -2.13. The van der Waals surface area contributed by atoms with Crippen molar-refractivity contribution in [3.05, 3.63) is 29.3 Å². The molecule has 0 bridgehead atoms. The van der Waals surface area contributed by atoms with E-state index in [9.17, 15) is 13.2 Å². The Morgan fingerprint density at radius 2 is 1.94 bits per heavy atom. The number of aliphatic imine (C=N–C) groups is 1. The van der Waals surface area contributed by atoms with Crippen LogP contribution >= 0.6 is 0 Å². The number of rotatable bonds is 4.